The molecule has 2 bridgehead atoms. The predicted octanol–water partition coefficient (Wildman–Crippen LogP) is 3.37. The molecule has 2 N–H and O–H groups in total. The highest BCUT2D eigenvalue weighted by molar-refractivity contribution is 5.92. The van der Waals surface area contributed by atoms with Gasteiger partial charge in [0.1, 0.15) is 6.26 Å². The molecule has 1 aromatic rings. The van der Waals surface area contributed by atoms with Crippen LogP contribution in [0.2, 0.25) is 0 Å². The Balaban J connectivity index is 0.00000231. The molecule has 0 unspecified atom stereocenters. The van der Waals surface area contributed by atoms with E-state index in [0.29, 0.717) is 54.9 Å². The number of halogens is 1. The van der Waals surface area contributed by atoms with Gasteiger partial charge in [-0.25, -0.2) is 4.98 Å². The summed E-state index contributed by atoms with van der Waals surface area (Å²) in [5.41, 5.74) is 5.95. The highest BCUT2D eigenvalue weighted by Gasteiger charge is 2.50. The summed E-state index contributed by atoms with van der Waals surface area (Å²) in [5.74, 6) is 2.17. The summed E-state index contributed by atoms with van der Waals surface area (Å²) in [4.78, 5) is 34.7. The molecule has 1 aliphatic carbocycles. The third-order valence-electron chi connectivity index (χ3n) is 8.03. The number of hydrogen-bond acceptors (Lipinski definition) is 5. The van der Waals surface area contributed by atoms with Gasteiger partial charge >= 0.3 is 0 Å². The van der Waals surface area contributed by atoms with Gasteiger partial charge in [0.15, 0.2) is 5.69 Å². The van der Waals surface area contributed by atoms with Crippen molar-refractivity contribution in [3.05, 3.63) is 17.8 Å². The van der Waals surface area contributed by atoms with Crippen molar-refractivity contribution in [1.29, 1.82) is 0 Å². The molecular formula is C23H35ClN4O3. The Morgan fingerprint density at radius 2 is 1.90 bits per heavy atom. The standard InChI is InChI=1S/C23H34N4O3.ClH/c24-11-21-25-18(14-30-21)23(29)26-12-16-10-17(13-26)20(9-15-5-2-1-3-6-15)27-19(16)7-4-8-22(27)28;/h14-17,19-20H,1-13,24H2;1H/t16-,17+,19+,20+;/m1./s1. The largest absolute Gasteiger partial charge is 0.447 e. The number of hydrogen-bond donors (Lipinski definition) is 1. The molecule has 4 atom stereocenters. The molecule has 1 saturated carbocycles. The number of nitrogens with zero attached hydrogens (tertiary/aromatic N) is 3. The molecule has 0 radical (unpaired) electrons. The lowest BCUT2D eigenvalue weighted by Crippen LogP contribution is -2.65. The zero-order valence-electron chi connectivity index (χ0n) is 18.2. The minimum absolute atomic E-state index is 0. The summed E-state index contributed by atoms with van der Waals surface area (Å²) in [6.45, 7) is 1.62. The zero-order chi connectivity index (χ0) is 20.7. The number of fused-ring (bicyclic) bond motifs is 4. The number of oxazole rings is 1. The number of aromatic nitrogens is 1. The van der Waals surface area contributed by atoms with Crippen LogP contribution in [0.5, 0.6) is 0 Å². The van der Waals surface area contributed by atoms with Crippen LogP contribution in [-0.2, 0) is 11.3 Å². The number of amides is 2. The van der Waals surface area contributed by atoms with Crippen LogP contribution in [0.15, 0.2) is 10.7 Å². The quantitative estimate of drug-likeness (QED) is 0.759. The molecule has 3 aliphatic heterocycles. The van der Waals surface area contributed by atoms with E-state index in [1.54, 1.807) is 0 Å². The Morgan fingerprint density at radius 3 is 2.65 bits per heavy atom. The van der Waals surface area contributed by atoms with Crippen LogP contribution in [0.1, 0.15) is 80.6 Å². The van der Waals surface area contributed by atoms with Crippen molar-refractivity contribution in [1.82, 2.24) is 14.8 Å². The van der Waals surface area contributed by atoms with Gasteiger partial charge in [-0.05, 0) is 43.4 Å². The van der Waals surface area contributed by atoms with Gasteiger partial charge in [-0.3, -0.25) is 9.59 Å². The van der Waals surface area contributed by atoms with Gasteiger partial charge in [-0.1, -0.05) is 32.1 Å². The van der Waals surface area contributed by atoms with E-state index in [1.165, 1.54) is 38.4 Å². The van der Waals surface area contributed by atoms with E-state index in [-0.39, 0.29) is 30.9 Å². The molecule has 4 fully saturated rings. The van der Waals surface area contributed by atoms with Crippen LogP contribution in [0.3, 0.4) is 0 Å². The van der Waals surface area contributed by atoms with Crippen LogP contribution < -0.4 is 5.73 Å². The number of rotatable bonds is 4. The van der Waals surface area contributed by atoms with E-state index in [2.05, 4.69) is 9.88 Å². The smallest absolute Gasteiger partial charge is 0.275 e. The third kappa shape index (κ3) is 4.36. The van der Waals surface area contributed by atoms with Crippen molar-refractivity contribution in [3.8, 4) is 0 Å². The molecule has 0 spiro atoms. The Bertz CT molecular complexity index is 794. The summed E-state index contributed by atoms with van der Waals surface area (Å²) >= 11 is 0. The third-order valence-corrected chi connectivity index (χ3v) is 8.03. The molecular weight excluding hydrogens is 416 g/mol. The second-order valence-corrected chi connectivity index (χ2v) is 9.86. The Hall–Kier alpha value is -1.60. The lowest BCUT2D eigenvalue weighted by Gasteiger charge is -2.57. The highest BCUT2D eigenvalue weighted by atomic mass is 35.5. The summed E-state index contributed by atoms with van der Waals surface area (Å²) in [7, 11) is 0. The van der Waals surface area contributed by atoms with Crippen LogP contribution >= 0.6 is 12.4 Å². The van der Waals surface area contributed by atoms with Gasteiger partial charge in [0, 0.05) is 31.6 Å². The lowest BCUT2D eigenvalue weighted by molar-refractivity contribution is -0.153. The fourth-order valence-corrected chi connectivity index (χ4v) is 6.67. The Kier molecular flexibility index (Phi) is 6.92. The minimum Gasteiger partial charge on any atom is -0.447 e. The molecule has 4 aliphatic rings. The summed E-state index contributed by atoms with van der Waals surface area (Å²) in [6, 6.07) is 0.582. The molecule has 2 amide bonds. The van der Waals surface area contributed by atoms with Gasteiger partial charge in [0.25, 0.3) is 5.91 Å². The van der Waals surface area contributed by atoms with Gasteiger partial charge in [0.2, 0.25) is 11.8 Å². The van der Waals surface area contributed by atoms with Crippen molar-refractivity contribution in [2.24, 2.45) is 23.5 Å². The van der Waals surface area contributed by atoms with E-state index in [9.17, 15) is 9.59 Å². The molecule has 172 valence electrons. The molecule has 1 aromatic heterocycles. The van der Waals surface area contributed by atoms with Crippen molar-refractivity contribution >= 4 is 24.2 Å². The van der Waals surface area contributed by atoms with Gasteiger partial charge in [-0.2, -0.15) is 0 Å². The monoisotopic (exact) mass is 450 g/mol. The topological polar surface area (TPSA) is 92.7 Å². The van der Waals surface area contributed by atoms with E-state index in [0.717, 1.165) is 31.6 Å². The summed E-state index contributed by atoms with van der Waals surface area (Å²) in [6.07, 6.45) is 13.0. The lowest BCUT2D eigenvalue weighted by atomic mass is 9.69. The van der Waals surface area contributed by atoms with Gasteiger partial charge in [-0.15, -0.1) is 12.4 Å². The van der Waals surface area contributed by atoms with E-state index >= 15 is 0 Å². The van der Waals surface area contributed by atoms with Crippen LogP contribution in [0.4, 0.5) is 0 Å². The molecule has 31 heavy (non-hydrogen) atoms. The molecule has 8 heteroatoms. The first-order chi connectivity index (χ1) is 14.6. The van der Waals surface area contributed by atoms with Crippen LogP contribution in [0, 0.1) is 17.8 Å². The number of piperidine rings is 3. The maximum atomic E-state index is 13.2. The van der Waals surface area contributed by atoms with E-state index in [4.69, 9.17) is 10.2 Å². The number of carbonyl (C=O) groups is 2. The molecule has 5 rings (SSSR count). The predicted molar refractivity (Wildman–Crippen MR) is 119 cm³/mol. The van der Waals surface area contributed by atoms with Crippen molar-refractivity contribution in [2.45, 2.75) is 82.8 Å². The van der Waals surface area contributed by atoms with Crippen molar-refractivity contribution in [2.75, 3.05) is 13.1 Å². The first-order valence-electron chi connectivity index (χ1n) is 11.9. The fraction of sp³-hybridized carbons (Fsp3) is 0.783. The van der Waals surface area contributed by atoms with Gasteiger partial charge in [0.05, 0.1) is 6.54 Å². The van der Waals surface area contributed by atoms with Crippen LogP contribution in [0.25, 0.3) is 0 Å². The average molecular weight is 451 g/mol. The SMILES string of the molecule is Cl.NCc1nc(C(=O)N2C[C@H]3C[C@@H](C2)[C@H](CC2CCCCC2)N2C(=O)CCC[C@@H]32)co1. The molecule has 0 aromatic carbocycles. The molecule has 7 nitrogen and oxygen atoms in total. The van der Waals surface area contributed by atoms with E-state index in [1.807, 2.05) is 4.90 Å². The maximum Gasteiger partial charge on any atom is 0.275 e. The summed E-state index contributed by atoms with van der Waals surface area (Å²) < 4.78 is 5.30. The Labute approximate surface area is 190 Å². The zero-order valence-corrected chi connectivity index (χ0v) is 19.0. The summed E-state index contributed by atoms with van der Waals surface area (Å²) in [5, 5.41) is 0. The normalized spacial score (nSPS) is 31.2. The second-order valence-electron chi connectivity index (χ2n) is 9.86. The first kappa shape index (κ1) is 22.6. The average Bonchev–Trinajstić information content (AvgIpc) is 3.26. The van der Waals surface area contributed by atoms with Crippen molar-refractivity contribution < 1.29 is 14.0 Å². The van der Waals surface area contributed by atoms with Crippen molar-refractivity contribution in [3.63, 3.8) is 0 Å². The van der Waals surface area contributed by atoms with Gasteiger partial charge < -0.3 is 20.0 Å². The number of likely N-dealkylation sites (tertiary alicyclic amines) is 1. The highest BCUT2D eigenvalue weighted by Crippen LogP contribution is 2.44. The fourth-order valence-electron chi connectivity index (χ4n) is 6.67. The minimum atomic E-state index is -0.0554. The maximum absolute atomic E-state index is 13.2. The first-order valence-corrected chi connectivity index (χ1v) is 11.9. The molecule has 3 saturated heterocycles. The Morgan fingerprint density at radius 1 is 1.13 bits per heavy atom. The van der Waals surface area contributed by atoms with Crippen LogP contribution in [-0.4, -0.2) is 51.8 Å². The number of carbonyl (C=O) groups excluding carboxylic acids is 2. The second kappa shape index (κ2) is 9.49. The van der Waals surface area contributed by atoms with E-state index < -0.39 is 0 Å². The molecule has 4 heterocycles. The number of nitrogens with two attached hydrogens (primary N) is 1.